The first-order chi connectivity index (χ1) is 9.48. The highest BCUT2D eigenvalue weighted by Crippen LogP contribution is 2.35. The molecule has 0 radical (unpaired) electrons. The van der Waals surface area contributed by atoms with Crippen LogP contribution in [0.25, 0.3) is 0 Å². The highest BCUT2D eigenvalue weighted by atomic mass is 15.1. The van der Waals surface area contributed by atoms with Crippen molar-refractivity contribution in [2.24, 2.45) is 5.41 Å². The molecule has 0 aromatic heterocycles. The highest BCUT2D eigenvalue weighted by Gasteiger charge is 2.28. The van der Waals surface area contributed by atoms with E-state index in [0.717, 1.165) is 6.54 Å². The molecule has 0 heterocycles. The molecule has 1 saturated carbocycles. The first-order valence-electron chi connectivity index (χ1n) is 7.93. The summed E-state index contributed by atoms with van der Waals surface area (Å²) in [5.74, 6) is 0. The minimum Gasteiger partial charge on any atom is -0.312 e. The molecule has 2 heteroatoms. The SMILES string of the molecule is CN(C)C(CNC1CCCC(C)(C)C1)c1ccccc1. The van der Waals surface area contributed by atoms with Crippen LogP contribution in [0.3, 0.4) is 0 Å². The molecule has 2 unspecified atom stereocenters. The van der Waals surface area contributed by atoms with Crippen LogP contribution in [0, 0.1) is 5.41 Å². The third-order valence-electron chi connectivity index (χ3n) is 4.61. The Morgan fingerprint density at radius 3 is 2.55 bits per heavy atom. The second-order valence-electron chi connectivity index (χ2n) is 7.26. The second-order valence-corrected chi connectivity index (χ2v) is 7.26. The summed E-state index contributed by atoms with van der Waals surface area (Å²) in [5.41, 5.74) is 1.91. The smallest absolute Gasteiger partial charge is 0.0466 e. The van der Waals surface area contributed by atoms with Gasteiger partial charge in [0.05, 0.1) is 0 Å². The van der Waals surface area contributed by atoms with Crippen molar-refractivity contribution in [1.29, 1.82) is 0 Å². The molecule has 0 aliphatic heterocycles. The van der Waals surface area contributed by atoms with Crippen LogP contribution in [-0.4, -0.2) is 31.6 Å². The number of nitrogens with one attached hydrogen (secondary N) is 1. The van der Waals surface area contributed by atoms with E-state index < -0.39 is 0 Å². The van der Waals surface area contributed by atoms with E-state index >= 15 is 0 Å². The summed E-state index contributed by atoms with van der Waals surface area (Å²) in [6.07, 6.45) is 5.38. The van der Waals surface area contributed by atoms with Crippen molar-refractivity contribution >= 4 is 0 Å². The van der Waals surface area contributed by atoms with E-state index in [4.69, 9.17) is 0 Å². The van der Waals surface area contributed by atoms with E-state index in [1.54, 1.807) is 0 Å². The number of nitrogens with zero attached hydrogens (tertiary/aromatic N) is 1. The fraction of sp³-hybridized carbons (Fsp3) is 0.667. The van der Waals surface area contributed by atoms with Gasteiger partial charge in [-0.2, -0.15) is 0 Å². The third kappa shape index (κ3) is 4.32. The van der Waals surface area contributed by atoms with Gasteiger partial charge < -0.3 is 10.2 Å². The molecule has 0 bridgehead atoms. The van der Waals surface area contributed by atoms with Crippen LogP contribution in [0.4, 0.5) is 0 Å². The number of likely N-dealkylation sites (N-methyl/N-ethyl adjacent to an activating group) is 1. The Kier molecular flexibility index (Phi) is 5.22. The summed E-state index contributed by atoms with van der Waals surface area (Å²) in [6.45, 7) is 5.85. The first-order valence-corrected chi connectivity index (χ1v) is 7.93. The van der Waals surface area contributed by atoms with E-state index in [1.807, 2.05) is 0 Å². The van der Waals surface area contributed by atoms with E-state index in [2.05, 4.69) is 68.5 Å². The monoisotopic (exact) mass is 274 g/mol. The van der Waals surface area contributed by atoms with Gasteiger partial charge in [-0.3, -0.25) is 0 Å². The Balaban J connectivity index is 1.93. The molecular weight excluding hydrogens is 244 g/mol. The van der Waals surface area contributed by atoms with E-state index in [-0.39, 0.29) is 0 Å². The molecule has 1 N–H and O–H groups in total. The summed E-state index contributed by atoms with van der Waals surface area (Å²) in [7, 11) is 4.34. The number of benzene rings is 1. The van der Waals surface area contributed by atoms with Crippen LogP contribution in [0.1, 0.15) is 51.1 Å². The zero-order valence-electron chi connectivity index (χ0n) is 13.5. The molecule has 2 nitrogen and oxygen atoms in total. The van der Waals surface area contributed by atoms with Crippen LogP contribution in [-0.2, 0) is 0 Å². The normalized spacial score (nSPS) is 23.8. The molecule has 1 aromatic rings. The van der Waals surface area contributed by atoms with Crippen LogP contribution >= 0.6 is 0 Å². The van der Waals surface area contributed by atoms with Crippen molar-refractivity contribution < 1.29 is 0 Å². The molecular formula is C18H30N2. The summed E-state index contributed by atoms with van der Waals surface area (Å²) < 4.78 is 0. The minimum absolute atomic E-state index is 0.459. The van der Waals surface area contributed by atoms with Gasteiger partial charge in [-0.1, -0.05) is 50.6 Å². The first kappa shape index (κ1) is 15.5. The van der Waals surface area contributed by atoms with Gasteiger partial charge >= 0.3 is 0 Å². The zero-order valence-corrected chi connectivity index (χ0v) is 13.5. The quantitative estimate of drug-likeness (QED) is 0.877. The molecule has 2 atom stereocenters. The lowest BCUT2D eigenvalue weighted by Crippen LogP contribution is -2.41. The summed E-state index contributed by atoms with van der Waals surface area (Å²) in [5, 5.41) is 3.82. The molecule has 1 aliphatic rings. The molecule has 2 rings (SSSR count). The predicted molar refractivity (Wildman–Crippen MR) is 86.9 cm³/mol. The van der Waals surface area contributed by atoms with E-state index in [9.17, 15) is 0 Å². The maximum Gasteiger partial charge on any atom is 0.0466 e. The Hall–Kier alpha value is -0.860. The van der Waals surface area contributed by atoms with Crippen molar-refractivity contribution in [3.05, 3.63) is 35.9 Å². The van der Waals surface area contributed by atoms with Crippen molar-refractivity contribution in [1.82, 2.24) is 10.2 Å². The highest BCUT2D eigenvalue weighted by molar-refractivity contribution is 5.19. The Labute approximate surface area is 124 Å². The standard InChI is InChI=1S/C18H30N2/c1-18(2)12-8-11-16(13-18)19-14-17(20(3)4)15-9-6-5-7-10-15/h5-7,9-10,16-17,19H,8,11-14H2,1-4H3. The van der Waals surface area contributed by atoms with Gasteiger partial charge in [0.25, 0.3) is 0 Å². The lowest BCUT2D eigenvalue weighted by Gasteiger charge is -2.37. The van der Waals surface area contributed by atoms with Crippen LogP contribution in [0.15, 0.2) is 30.3 Å². The molecule has 0 amide bonds. The summed E-state index contributed by atoms with van der Waals surface area (Å²) in [4.78, 5) is 2.32. The minimum atomic E-state index is 0.459. The lowest BCUT2D eigenvalue weighted by atomic mass is 9.75. The number of hydrogen-bond acceptors (Lipinski definition) is 2. The van der Waals surface area contributed by atoms with Gasteiger partial charge in [-0.25, -0.2) is 0 Å². The maximum atomic E-state index is 3.82. The largest absolute Gasteiger partial charge is 0.312 e. The topological polar surface area (TPSA) is 15.3 Å². The van der Waals surface area contributed by atoms with Crippen LogP contribution in [0.2, 0.25) is 0 Å². The van der Waals surface area contributed by atoms with Gasteiger partial charge in [-0.15, -0.1) is 0 Å². The Morgan fingerprint density at radius 1 is 1.25 bits per heavy atom. The molecule has 0 spiro atoms. The van der Waals surface area contributed by atoms with Crippen LogP contribution < -0.4 is 5.32 Å². The van der Waals surface area contributed by atoms with Gasteiger partial charge in [0.15, 0.2) is 0 Å². The molecule has 1 fully saturated rings. The summed E-state index contributed by atoms with van der Waals surface area (Å²) in [6, 6.07) is 12.0. The third-order valence-corrected chi connectivity index (χ3v) is 4.61. The molecule has 0 saturated heterocycles. The fourth-order valence-electron chi connectivity index (χ4n) is 3.42. The van der Waals surface area contributed by atoms with Crippen molar-refractivity contribution in [2.75, 3.05) is 20.6 Å². The number of rotatable bonds is 5. The van der Waals surface area contributed by atoms with E-state index in [0.29, 0.717) is 17.5 Å². The van der Waals surface area contributed by atoms with E-state index in [1.165, 1.54) is 31.2 Å². The molecule has 112 valence electrons. The average molecular weight is 274 g/mol. The Morgan fingerprint density at radius 2 is 1.95 bits per heavy atom. The predicted octanol–water partition coefficient (Wildman–Crippen LogP) is 3.85. The zero-order chi connectivity index (χ0) is 14.6. The van der Waals surface area contributed by atoms with Gasteiger partial charge in [0.2, 0.25) is 0 Å². The van der Waals surface area contributed by atoms with Crippen molar-refractivity contribution in [2.45, 2.75) is 51.6 Å². The van der Waals surface area contributed by atoms with Gasteiger partial charge in [0, 0.05) is 18.6 Å². The average Bonchev–Trinajstić information content (AvgIpc) is 2.38. The van der Waals surface area contributed by atoms with Crippen LogP contribution in [0.5, 0.6) is 0 Å². The second kappa shape index (κ2) is 6.73. The molecule has 20 heavy (non-hydrogen) atoms. The lowest BCUT2D eigenvalue weighted by molar-refractivity contribution is 0.186. The number of hydrogen-bond donors (Lipinski definition) is 1. The van der Waals surface area contributed by atoms with Crippen molar-refractivity contribution in [3.8, 4) is 0 Å². The molecule has 1 aromatic carbocycles. The maximum absolute atomic E-state index is 3.82. The summed E-state index contributed by atoms with van der Waals surface area (Å²) >= 11 is 0. The fourth-order valence-corrected chi connectivity index (χ4v) is 3.42. The van der Waals surface area contributed by atoms with Gasteiger partial charge in [0.1, 0.15) is 0 Å². The Bertz CT molecular complexity index is 397. The van der Waals surface area contributed by atoms with Gasteiger partial charge in [-0.05, 0) is 44.3 Å². The molecule has 1 aliphatic carbocycles. The van der Waals surface area contributed by atoms with Crippen molar-refractivity contribution in [3.63, 3.8) is 0 Å².